The van der Waals surface area contributed by atoms with Crippen LogP contribution in [0.15, 0.2) is 12.3 Å². The summed E-state index contributed by atoms with van der Waals surface area (Å²) >= 11 is 0. The lowest BCUT2D eigenvalue weighted by molar-refractivity contribution is 0.730. The van der Waals surface area contributed by atoms with Crippen LogP contribution in [0, 0.1) is 27.7 Å². The van der Waals surface area contributed by atoms with Crippen LogP contribution in [0.25, 0.3) is 5.82 Å². The number of aryl methyl sites for hydroxylation is 2. The fourth-order valence-electron chi connectivity index (χ4n) is 2.26. The van der Waals surface area contributed by atoms with Crippen LogP contribution < -0.4 is 5.73 Å². The van der Waals surface area contributed by atoms with Crippen molar-refractivity contribution in [2.75, 3.05) is 0 Å². The molecule has 2 aromatic heterocycles. The predicted molar refractivity (Wildman–Crippen MR) is 77.7 cm³/mol. The maximum absolute atomic E-state index is 5.83. The van der Waals surface area contributed by atoms with Crippen molar-refractivity contribution >= 4 is 0 Å². The number of nitrogens with two attached hydrogens (primary N) is 1. The average molecular weight is 258 g/mol. The Balaban J connectivity index is 2.43. The maximum atomic E-state index is 5.83. The van der Waals surface area contributed by atoms with Gasteiger partial charge in [0.25, 0.3) is 0 Å². The van der Waals surface area contributed by atoms with Crippen LogP contribution in [0.2, 0.25) is 0 Å². The van der Waals surface area contributed by atoms with E-state index >= 15 is 0 Å². The van der Waals surface area contributed by atoms with Gasteiger partial charge in [-0.05, 0) is 57.7 Å². The Kier molecular flexibility index (Phi) is 3.71. The van der Waals surface area contributed by atoms with Crippen LogP contribution in [0.3, 0.4) is 0 Å². The van der Waals surface area contributed by atoms with E-state index in [0.717, 1.165) is 29.2 Å². The lowest BCUT2D eigenvalue weighted by Crippen LogP contribution is -2.18. The van der Waals surface area contributed by atoms with E-state index in [1.807, 2.05) is 24.7 Å². The Bertz CT molecular complexity index is 596. The van der Waals surface area contributed by atoms with Gasteiger partial charge in [-0.1, -0.05) is 6.07 Å². The first-order valence-corrected chi connectivity index (χ1v) is 6.64. The highest BCUT2D eigenvalue weighted by Gasteiger charge is 2.12. The molecule has 0 bridgehead atoms. The normalized spacial score (nSPS) is 12.7. The second-order valence-corrected chi connectivity index (χ2v) is 5.37. The van der Waals surface area contributed by atoms with E-state index in [0.29, 0.717) is 0 Å². The summed E-state index contributed by atoms with van der Waals surface area (Å²) in [5.74, 6) is 0.905. The lowest BCUT2D eigenvalue weighted by Gasteiger charge is -2.10. The molecule has 0 aromatic carbocycles. The van der Waals surface area contributed by atoms with Crippen molar-refractivity contribution in [1.82, 2.24) is 14.8 Å². The van der Waals surface area contributed by atoms with Gasteiger partial charge >= 0.3 is 0 Å². The highest BCUT2D eigenvalue weighted by molar-refractivity contribution is 5.38. The Morgan fingerprint density at radius 1 is 1.26 bits per heavy atom. The Morgan fingerprint density at radius 3 is 2.42 bits per heavy atom. The topological polar surface area (TPSA) is 56.7 Å². The maximum Gasteiger partial charge on any atom is 0.156 e. The van der Waals surface area contributed by atoms with Crippen molar-refractivity contribution < 1.29 is 0 Å². The quantitative estimate of drug-likeness (QED) is 0.919. The fourth-order valence-corrected chi connectivity index (χ4v) is 2.26. The van der Waals surface area contributed by atoms with E-state index in [9.17, 15) is 0 Å². The van der Waals surface area contributed by atoms with E-state index in [4.69, 9.17) is 5.73 Å². The molecule has 0 saturated carbocycles. The summed E-state index contributed by atoms with van der Waals surface area (Å²) in [6, 6.07) is 2.31. The van der Waals surface area contributed by atoms with Gasteiger partial charge in [0.2, 0.25) is 0 Å². The predicted octanol–water partition coefficient (Wildman–Crippen LogP) is 2.39. The molecule has 0 aliphatic rings. The van der Waals surface area contributed by atoms with Crippen LogP contribution in [0.5, 0.6) is 0 Å². The number of aromatic nitrogens is 3. The van der Waals surface area contributed by atoms with Crippen LogP contribution in [-0.4, -0.2) is 20.8 Å². The van der Waals surface area contributed by atoms with Crippen molar-refractivity contribution in [2.45, 2.75) is 47.1 Å². The van der Waals surface area contributed by atoms with Crippen molar-refractivity contribution in [3.63, 3.8) is 0 Å². The minimum absolute atomic E-state index is 0.156. The summed E-state index contributed by atoms with van der Waals surface area (Å²) in [6.07, 6.45) is 2.75. The molecule has 102 valence electrons. The third-order valence-electron chi connectivity index (χ3n) is 3.52. The van der Waals surface area contributed by atoms with Crippen LogP contribution in [-0.2, 0) is 6.42 Å². The molecule has 19 heavy (non-hydrogen) atoms. The average Bonchev–Trinajstić information content (AvgIpc) is 2.56. The summed E-state index contributed by atoms with van der Waals surface area (Å²) in [6.45, 7) is 10.3. The standard InChI is InChI=1S/C15H22N4/c1-9-6-14(7-10(2)16)8-17-15(9)19-13(5)11(3)12(4)18-19/h6,8,10H,7,16H2,1-5H3. The molecule has 0 aliphatic carbocycles. The molecule has 2 rings (SSSR count). The lowest BCUT2D eigenvalue weighted by atomic mass is 10.1. The monoisotopic (exact) mass is 258 g/mol. The van der Waals surface area contributed by atoms with Gasteiger partial charge in [-0.3, -0.25) is 0 Å². The minimum atomic E-state index is 0.156. The zero-order valence-electron chi connectivity index (χ0n) is 12.4. The van der Waals surface area contributed by atoms with E-state index < -0.39 is 0 Å². The van der Waals surface area contributed by atoms with Gasteiger partial charge in [0.1, 0.15) is 0 Å². The number of rotatable bonds is 3. The molecule has 1 unspecified atom stereocenters. The van der Waals surface area contributed by atoms with Gasteiger partial charge in [0.15, 0.2) is 5.82 Å². The molecular weight excluding hydrogens is 236 g/mol. The van der Waals surface area contributed by atoms with Crippen LogP contribution >= 0.6 is 0 Å². The Morgan fingerprint density at radius 2 is 1.95 bits per heavy atom. The molecule has 4 nitrogen and oxygen atoms in total. The van der Waals surface area contributed by atoms with Crippen molar-refractivity contribution in [1.29, 1.82) is 0 Å². The second-order valence-electron chi connectivity index (χ2n) is 5.37. The number of hydrogen-bond acceptors (Lipinski definition) is 3. The largest absolute Gasteiger partial charge is 0.328 e. The molecule has 2 N–H and O–H groups in total. The van der Waals surface area contributed by atoms with Crippen LogP contribution in [0.1, 0.15) is 35.0 Å². The zero-order chi connectivity index (χ0) is 14.2. The smallest absolute Gasteiger partial charge is 0.156 e. The molecule has 4 heteroatoms. The number of pyridine rings is 1. The van der Waals surface area contributed by atoms with Crippen molar-refractivity contribution in [3.05, 3.63) is 40.3 Å². The summed E-state index contributed by atoms with van der Waals surface area (Å²) in [5.41, 5.74) is 11.6. The van der Waals surface area contributed by atoms with E-state index in [2.05, 4.69) is 36.9 Å². The first-order valence-electron chi connectivity index (χ1n) is 6.64. The van der Waals surface area contributed by atoms with E-state index in [1.165, 1.54) is 11.1 Å². The number of nitrogens with zero attached hydrogens (tertiary/aromatic N) is 3. The second kappa shape index (κ2) is 5.13. The molecule has 1 atom stereocenters. The highest BCUT2D eigenvalue weighted by atomic mass is 15.3. The SMILES string of the molecule is Cc1cc(CC(C)N)cnc1-n1nc(C)c(C)c1C. The molecule has 0 aliphatic heterocycles. The van der Waals surface area contributed by atoms with Crippen molar-refractivity contribution in [3.8, 4) is 5.82 Å². The number of hydrogen-bond donors (Lipinski definition) is 1. The molecule has 0 radical (unpaired) electrons. The molecule has 0 spiro atoms. The molecule has 0 saturated heterocycles. The van der Waals surface area contributed by atoms with E-state index in [-0.39, 0.29) is 6.04 Å². The highest BCUT2D eigenvalue weighted by Crippen LogP contribution is 2.19. The Hall–Kier alpha value is -1.68. The molecule has 2 heterocycles. The molecular formula is C15H22N4. The van der Waals surface area contributed by atoms with Crippen molar-refractivity contribution in [2.24, 2.45) is 5.73 Å². The van der Waals surface area contributed by atoms with Crippen LogP contribution in [0.4, 0.5) is 0 Å². The summed E-state index contributed by atoms with van der Waals surface area (Å²) in [5, 5.41) is 4.56. The third-order valence-corrected chi connectivity index (χ3v) is 3.52. The first kappa shape index (κ1) is 13.7. The van der Waals surface area contributed by atoms with Gasteiger partial charge in [-0.15, -0.1) is 0 Å². The fraction of sp³-hybridized carbons (Fsp3) is 0.467. The molecule has 2 aromatic rings. The third kappa shape index (κ3) is 2.68. The van der Waals surface area contributed by atoms with Gasteiger partial charge in [0.05, 0.1) is 5.69 Å². The first-order chi connectivity index (χ1) is 8.90. The summed E-state index contributed by atoms with van der Waals surface area (Å²) in [4.78, 5) is 4.56. The Labute approximate surface area is 114 Å². The van der Waals surface area contributed by atoms with Gasteiger partial charge in [-0.2, -0.15) is 5.10 Å². The molecule has 0 fully saturated rings. The van der Waals surface area contributed by atoms with Gasteiger partial charge in [-0.25, -0.2) is 9.67 Å². The van der Waals surface area contributed by atoms with E-state index in [1.54, 1.807) is 0 Å². The summed E-state index contributed by atoms with van der Waals surface area (Å²) < 4.78 is 1.93. The summed E-state index contributed by atoms with van der Waals surface area (Å²) in [7, 11) is 0. The van der Waals surface area contributed by atoms with Gasteiger partial charge < -0.3 is 5.73 Å². The zero-order valence-corrected chi connectivity index (χ0v) is 12.4. The van der Waals surface area contributed by atoms with Gasteiger partial charge in [0, 0.05) is 17.9 Å². The minimum Gasteiger partial charge on any atom is -0.328 e. The molecule has 0 amide bonds.